The number of rotatable bonds is 5. The average Bonchev–Trinajstić information content (AvgIpc) is 3.11. The van der Waals surface area contributed by atoms with Crippen LogP contribution in [0.5, 0.6) is 0 Å². The summed E-state index contributed by atoms with van der Waals surface area (Å²) >= 11 is 0. The highest BCUT2D eigenvalue weighted by Crippen LogP contribution is 2.22. The molecule has 4 rings (SSSR count). The second kappa shape index (κ2) is 7.26. The third kappa shape index (κ3) is 3.95. The number of fused-ring (bicyclic) bond motifs is 1. The van der Waals surface area contributed by atoms with Crippen molar-refractivity contribution in [3.63, 3.8) is 0 Å². The Hall–Kier alpha value is -2.48. The summed E-state index contributed by atoms with van der Waals surface area (Å²) in [5.74, 6) is 0.854. The minimum Gasteiger partial charge on any atom is -0.367 e. The molecule has 0 bridgehead atoms. The van der Waals surface area contributed by atoms with Crippen molar-refractivity contribution in [3.8, 4) is 11.3 Å². The molecule has 0 saturated carbocycles. The average molecular weight is 383 g/mol. The largest absolute Gasteiger partial charge is 0.367 e. The van der Waals surface area contributed by atoms with Gasteiger partial charge in [-0.1, -0.05) is 48.0 Å². The van der Waals surface area contributed by atoms with Gasteiger partial charge in [-0.3, -0.25) is 0 Å². The number of aryl methyl sites for hydroxylation is 1. The molecule has 1 N–H and O–H groups in total. The molecule has 0 fully saturated rings. The first kappa shape index (κ1) is 17.9. The van der Waals surface area contributed by atoms with Gasteiger partial charge in [0.05, 0.1) is 23.2 Å². The number of hydrogen-bond donors (Lipinski definition) is 1. The highest BCUT2D eigenvalue weighted by atomic mass is 32.2. The van der Waals surface area contributed by atoms with Gasteiger partial charge < -0.3 is 9.30 Å². The number of imidazole rings is 1. The predicted octanol–water partition coefficient (Wildman–Crippen LogP) is 2.74. The summed E-state index contributed by atoms with van der Waals surface area (Å²) in [6.07, 6.45) is 1.76. The quantitative estimate of drug-likeness (QED) is 0.735. The van der Waals surface area contributed by atoms with E-state index < -0.39 is 10.0 Å². The van der Waals surface area contributed by atoms with E-state index in [4.69, 9.17) is 4.74 Å². The molecule has 0 radical (unpaired) electrons. The highest BCUT2D eigenvalue weighted by Gasteiger charge is 2.23. The van der Waals surface area contributed by atoms with E-state index in [1.165, 1.54) is 5.56 Å². The van der Waals surface area contributed by atoms with Crippen molar-refractivity contribution in [2.75, 3.05) is 6.54 Å². The van der Waals surface area contributed by atoms with Gasteiger partial charge in [-0.2, -0.15) is 0 Å². The Morgan fingerprint density at radius 1 is 1.15 bits per heavy atom. The van der Waals surface area contributed by atoms with Gasteiger partial charge in [-0.05, 0) is 19.1 Å². The van der Waals surface area contributed by atoms with Gasteiger partial charge in [0.2, 0.25) is 10.0 Å². The van der Waals surface area contributed by atoms with Crippen LogP contribution in [-0.2, 0) is 27.9 Å². The van der Waals surface area contributed by atoms with Crippen LogP contribution in [-0.4, -0.2) is 30.6 Å². The molecule has 1 aromatic heterocycles. The van der Waals surface area contributed by atoms with Crippen LogP contribution >= 0.6 is 0 Å². The molecule has 7 heteroatoms. The molecule has 1 atom stereocenters. The molecule has 6 nitrogen and oxygen atoms in total. The number of nitrogens with zero attached hydrogens (tertiary/aromatic N) is 2. The summed E-state index contributed by atoms with van der Waals surface area (Å²) < 4.78 is 35.2. The van der Waals surface area contributed by atoms with Gasteiger partial charge >= 0.3 is 0 Å². The summed E-state index contributed by atoms with van der Waals surface area (Å²) in [5.41, 5.74) is 3.17. The summed E-state index contributed by atoms with van der Waals surface area (Å²) in [6.45, 7) is 3.20. The number of sulfonamides is 1. The lowest BCUT2D eigenvalue weighted by atomic mass is 10.1. The van der Waals surface area contributed by atoms with Crippen molar-refractivity contribution in [2.24, 2.45) is 0 Å². The molecule has 0 amide bonds. The molecule has 140 valence electrons. The molecule has 0 spiro atoms. The van der Waals surface area contributed by atoms with E-state index in [1.54, 1.807) is 30.3 Å². The SMILES string of the molecule is Cc1ccc(-c2cn3c(n2)COC(CNS(=O)(=O)c2ccccc2)C3)cc1. The maximum absolute atomic E-state index is 12.4. The van der Waals surface area contributed by atoms with Crippen LogP contribution in [0.4, 0.5) is 0 Å². The van der Waals surface area contributed by atoms with E-state index in [0.717, 1.165) is 17.1 Å². The van der Waals surface area contributed by atoms with Gasteiger partial charge in [0, 0.05) is 18.3 Å². The second-order valence-corrected chi connectivity index (χ2v) is 8.43. The summed E-state index contributed by atoms with van der Waals surface area (Å²) in [6, 6.07) is 16.6. The highest BCUT2D eigenvalue weighted by molar-refractivity contribution is 7.89. The predicted molar refractivity (Wildman–Crippen MR) is 103 cm³/mol. The van der Waals surface area contributed by atoms with Crippen LogP contribution in [0.25, 0.3) is 11.3 Å². The number of nitrogens with one attached hydrogen (secondary N) is 1. The molecular weight excluding hydrogens is 362 g/mol. The first-order chi connectivity index (χ1) is 13.0. The number of hydrogen-bond acceptors (Lipinski definition) is 4. The van der Waals surface area contributed by atoms with Crippen molar-refractivity contribution >= 4 is 10.0 Å². The van der Waals surface area contributed by atoms with Gasteiger partial charge in [0.15, 0.2) is 0 Å². The third-order valence-electron chi connectivity index (χ3n) is 4.61. The van der Waals surface area contributed by atoms with Gasteiger partial charge in [0.1, 0.15) is 12.4 Å². The topological polar surface area (TPSA) is 73.2 Å². The van der Waals surface area contributed by atoms with E-state index in [0.29, 0.717) is 13.2 Å². The van der Waals surface area contributed by atoms with Crippen LogP contribution in [0.2, 0.25) is 0 Å². The van der Waals surface area contributed by atoms with Crippen molar-refractivity contribution in [2.45, 2.75) is 31.1 Å². The van der Waals surface area contributed by atoms with E-state index >= 15 is 0 Å². The molecule has 27 heavy (non-hydrogen) atoms. The lowest BCUT2D eigenvalue weighted by molar-refractivity contribution is 0.00586. The van der Waals surface area contributed by atoms with Crippen LogP contribution in [0.1, 0.15) is 11.4 Å². The Morgan fingerprint density at radius 3 is 2.63 bits per heavy atom. The first-order valence-electron chi connectivity index (χ1n) is 8.81. The minimum atomic E-state index is -3.53. The van der Waals surface area contributed by atoms with E-state index in [9.17, 15) is 8.42 Å². The van der Waals surface area contributed by atoms with Gasteiger partial charge in [-0.25, -0.2) is 18.1 Å². The molecular formula is C20H21N3O3S. The maximum atomic E-state index is 12.4. The van der Waals surface area contributed by atoms with Gasteiger partial charge in [0.25, 0.3) is 0 Å². The van der Waals surface area contributed by atoms with E-state index in [2.05, 4.69) is 40.9 Å². The summed E-state index contributed by atoms with van der Waals surface area (Å²) in [5, 5.41) is 0. The van der Waals surface area contributed by atoms with Crippen LogP contribution < -0.4 is 4.72 Å². The fourth-order valence-corrected chi connectivity index (χ4v) is 4.15. The molecule has 1 aliphatic heterocycles. The Bertz CT molecular complexity index is 1030. The molecule has 1 aliphatic rings. The summed E-state index contributed by atoms with van der Waals surface area (Å²) in [4.78, 5) is 4.90. The Balaban J connectivity index is 1.44. The lowest BCUT2D eigenvalue weighted by Crippen LogP contribution is -2.38. The standard InChI is InChI=1S/C20H21N3O3S/c1-15-7-9-16(10-8-15)19-13-23-12-17(26-14-20(23)22-19)11-21-27(24,25)18-5-3-2-4-6-18/h2-10,13,17,21H,11-12,14H2,1H3. The van der Waals surface area contributed by atoms with E-state index in [1.807, 2.05) is 10.8 Å². The molecule has 1 unspecified atom stereocenters. The number of ether oxygens (including phenoxy) is 1. The van der Waals surface area contributed by atoms with Crippen molar-refractivity contribution in [1.82, 2.24) is 14.3 Å². The van der Waals surface area contributed by atoms with Crippen LogP contribution in [0, 0.1) is 6.92 Å². The van der Waals surface area contributed by atoms with Crippen LogP contribution in [0.15, 0.2) is 65.7 Å². The lowest BCUT2D eigenvalue weighted by Gasteiger charge is -2.24. The van der Waals surface area contributed by atoms with Crippen LogP contribution in [0.3, 0.4) is 0 Å². The Morgan fingerprint density at radius 2 is 1.89 bits per heavy atom. The molecule has 2 heterocycles. The molecule has 3 aromatic rings. The number of aromatic nitrogens is 2. The maximum Gasteiger partial charge on any atom is 0.240 e. The normalized spacial score (nSPS) is 16.9. The number of benzene rings is 2. The molecule has 2 aromatic carbocycles. The first-order valence-corrected chi connectivity index (χ1v) is 10.3. The fourth-order valence-electron chi connectivity index (χ4n) is 3.06. The second-order valence-electron chi connectivity index (χ2n) is 6.66. The Kier molecular flexibility index (Phi) is 4.82. The zero-order valence-electron chi connectivity index (χ0n) is 15.0. The van der Waals surface area contributed by atoms with Crippen molar-refractivity contribution in [1.29, 1.82) is 0 Å². The molecule has 0 aliphatic carbocycles. The minimum absolute atomic E-state index is 0.217. The molecule has 0 saturated heterocycles. The van der Waals surface area contributed by atoms with E-state index in [-0.39, 0.29) is 17.5 Å². The Labute approximate surface area is 158 Å². The smallest absolute Gasteiger partial charge is 0.240 e. The van der Waals surface area contributed by atoms with Gasteiger partial charge in [-0.15, -0.1) is 0 Å². The summed E-state index contributed by atoms with van der Waals surface area (Å²) in [7, 11) is -3.53. The third-order valence-corrected chi connectivity index (χ3v) is 6.05. The zero-order chi connectivity index (χ0) is 18.9. The monoisotopic (exact) mass is 383 g/mol. The zero-order valence-corrected chi connectivity index (χ0v) is 15.8. The van der Waals surface area contributed by atoms with Crippen molar-refractivity contribution < 1.29 is 13.2 Å². The van der Waals surface area contributed by atoms with Crippen molar-refractivity contribution in [3.05, 3.63) is 72.2 Å². The fraction of sp³-hybridized carbons (Fsp3) is 0.250.